The second-order valence-electron chi connectivity index (χ2n) is 14.5. The van der Waals surface area contributed by atoms with Gasteiger partial charge in [0, 0.05) is 32.7 Å². The first-order chi connectivity index (χ1) is 23.3. The first kappa shape index (κ1) is 27.5. The lowest BCUT2D eigenvalue weighted by Gasteiger charge is -2.29. The van der Waals surface area contributed by atoms with E-state index in [0.717, 1.165) is 39.0 Å². The van der Waals surface area contributed by atoms with Crippen molar-refractivity contribution >= 4 is 49.8 Å². The Morgan fingerprint density at radius 2 is 1.06 bits per heavy atom. The van der Waals surface area contributed by atoms with Gasteiger partial charge in [-0.25, -0.2) is 0 Å². The van der Waals surface area contributed by atoms with Crippen LogP contribution in [0.5, 0.6) is 0 Å². The van der Waals surface area contributed by atoms with Gasteiger partial charge in [0.25, 0.3) is 0 Å². The van der Waals surface area contributed by atoms with Crippen LogP contribution in [0.1, 0.15) is 49.9 Å². The molecule has 0 radical (unpaired) electrons. The van der Waals surface area contributed by atoms with Crippen LogP contribution in [0.15, 0.2) is 144 Å². The molecule has 8 aromatic rings. The van der Waals surface area contributed by atoms with E-state index < -0.39 is 0 Å². The van der Waals surface area contributed by atoms with Gasteiger partial charge in [0.1, 0.15) is 5.58 Å². The fraction of sp³-hybridized carbons (Fsp3) is 0.130. The molecule has 2 heteroatoms. The predicted octanol–water partition coefficient (Wildman–Crippen LogP) is 12.8. The van der Waals surface area contributed by atoms with Gasteiger partial charge in [-0.3, -0.25) is 0 Å². The van der Waals surface area contributed by atoms with Crippen LogP contribution in [0.2, 0.25) is 0 Å². The minimum absolute atomic E-state index is 0.0566. The summed E-state index contributed by atoms with van der Waals surface area (Å²) in [4.78, 5) is 2.41. The summed E-state index contributed by atoms with van der Waals surface area (Å²) >= 11 is 0. The average Bonchev–Trinajstić information content (AvgIpc) is 3.68. The maximum Gasteiger partial charge on any atom is 0.159 e. The molecule has 7 aromatic carbocycles. The van der Waals surface area contributed by atoms with Crippen molar-refractivity contribution in [1.29, 1.82) is 0 Å². The van der Waals surface area contributed by atoms with E-state index in [1.54, 1.807) is 0 Å². The summed E-state index contributed by atoms with van der Waals surface area (Å²) in [5.41, 5.74) is 15.9. The molecule has 2 aliphatic rings. The fourth-order valence-electron chi connectivity index (χ4n) is 8.83. The van der Waals surface area contributed by atoms with Crippen molar-refractivity contribution in [2.75, 3.05) is 4.90 Å². The zero-order valence-corrected chi connectivity index (χ0v) is 27.6. The summed E-state index contributed by atoms with van der Waals surface area (Å²) in [6, 6.07) is 51.1. The average molecular weight is 618 g/mol. The van der Waals surface area contributed by atoms with Gasteiger partial charge in [0.15, 0.2) is 5.58 Å². The molecular weight excluding hydrogens is 583 g/mol. The van der Waals surface area contributed by atoms with Crippen molar-refractivity contribution in [2.24, 2.45) is 0 Å². The second-order valence-corrected chi connectivity index (χ2v) is 14.5. The fourth-order valence-corrected chi connectivity index (χ4v) is 8.83. The van der Waals surface area contributed by atoms with Crippen molar-refractivity contribution < 1.29 is 4.42 Å². The van der Waals surface area contributed by atoms with Gasteiger partial charge < -0.3 is 9.32 Å². The Balaban J connectivity index is 1.27. The van der Waals surface area contributed by atoms with E-state index in [0.29, 0.717) is 0 Å². The molecule has 0 atom stereocenters. The first-order valence-electron chi connectivity index (χ1n) is 16.9. The number of para-hydroxylation sites is 3. The van der Waals surface area contributed by atoms with Crippen LogP contribution in [0.3, 0.4) is 0 Å². The number of rotatable bonds is 3. The number of fused-ring (bicyclic) bond motifs is 11. The van der Waals surface area contributed by atoms with Gasteiger partial charge in [-0.15, -0.1) is 0 Å². The summed E-state index contributed by atoms with van der Waals surface area (Å²) in [6.07, 6.45) is 0. The van der Waals surface area contributed by atoms with Crippen molar-refractivity contribution in [3.63, 3.8) is 0 Å². The van der Waals surface area contributed by atoms with Gasteiger partial charge >= 0.3 is 0 Å². The van der Waals surface area contributed by atoms with Crippen LogP contribution in [-0.2, 0) is 10.8 Å². The Kier molecular flexibility index (Phi) is 5.44. The minimum Gasteiger partial charge on any atom is -0.454 e. The maximum absolute atomic E-state index is 6.66. The maximum atomic E-state index is 6.66. The smallest absolute Gasteiger partial charge is 0.159 e. The Bertz CT molecular complexity index is 2620. The van der Waals surface area contributed by atoms with Crippen molar-refractivity contribution in [1.82, 2.24) is 0 Å². The van der Waals surface area contributed by atoms with E-state index in [1.807, 2.05) is 6.07 Å². The van der Waals surface area contributed by atoms with Gasteiger partial charge in [0.05, 0.1) is 11.4 Å². The molecule has 0 saturated carbocycles. The van der Waals surface area contributed by atoms with E-state index in [2.05, 4.69) is 166 Å². The van der Waals surface area contributed by atoms with Crippen LogP contribution in [0, 0.1) is 0 Å². The number of benzene rings is 7. The highest BCUT2D eigenvalue weighted by Gasteiger charge is 2.42. The molecule has 2 aliphatic carbocycles. The van der Waals surface area contributed by atoms with Crippen LogP contribution in [0.25, 0.3) is 55.0 Å². The molecule has 0 aliphatic heterocycles. The van der Waals surface area contributed by atoms with Crippen LogP contribution >= 0.6 is 0 Å². The standard InChI is InChI=1S/C46H35NO/c1-45(2)36-22-12-10-17-29(36)34-25-38-35(26-37(34)45)43-32-20-9-8-18-30(32)41(27-39(43)46(38,3)4)47(28-15-6-5-7-16-28)40-23-14-21-33-31-19-11-13-24-42(31)48-44(33)40/h5-27H,1-4H3. The molecule has 48 heavy (non-hydrogen) atoms. The van der Waals surface area contributed by atoms with E-state index in [-0.39, 0.29) is 10.8 Å². The largest absolute Gasteiger partial charge is 0.454 e. The lowest BCUT2D eigenvalue weighted by atomic mass is 9.79. The minimum atomic E-state index is -0.201. The second kappa shape index (κ2) is 9.49. The Labute approximate surface area is 280 Å². The van der Waals surface area contributed by atoms with E-state index in [1.165, 1.54) is 55.3 Å². The topological polar surface area (TPSA) is 16.4 Å². The van der Waals surface area contributed by atoms with Crippen LogP contribution in [0.4, 0.5) is 17.1 Å². The summed E-state index contributed by atoms with van der Waals surface area (Å²) in [6.45, 7) is 9.56. The molecule has 230 valence electrons. The SMILES string of the molecule is CC1(C)c2ccccc2-c2cc3c(cc21)-c1c(cc(N(c2ccccc2)c2cccc4c2oc2ccccc24)c2ccccc12)C3(C)C. The quantitative estimate of drug-likeness (QED) is 0.196. The molecule has 1 heterocycles. The highest BCUT2D eigenvalue weighted by molar-refractivity contribution is 6.14. The van der Waals surface area contributed by atoms with E-state index in [4.69, 9.17) is 4.42 Å². The number of anilines is 3. The molecule has 0 saturated heterocycles. The van der Waals surface area contributed by atoms with Gasteiger partial charge in [-0.1, -0.05) is 125 Å². The van der Waals surface area contributed by atoms with Gasteiger partial charge in [-0.2, -0.15) is 0 Å². The van der Waals surface area contributed by atoms with Gasteiger partial charge in [0.2, 0.25) is 0 Å². The highest BCUT2D eigenvalue weighted by atomic mass is 16.3. The third-order valence-electron chi connectivity index (χ3n) is 11.2. The Morgan fingerprint density at radius 1 is 0.438 bits per heavy atom. The first-order valence-corrected chi connectivity index (χ1v) is 16.9. The lowest BCUT2D eigenvalue weighted by molar-refractivity contribution is 0.652. The summed E-state index contributed by atoms with van der Waals surface area (Å²) in [5, 5.41) is 4.76. The summed E-state index contributed by atoms with van der Waals surface area (Å²) < 4.78 is 6.66. The molecule has 0 spiro atoms. The predicted molar refractivity (Wildman–Crippen MR) is 201 cm³/mol. The Hall–Kier alpha value is -5.60. The van der Waals surface area contributed by atoms with Gasteiger partial charge in [-0.05, 0) is 92.4 Å². The monoisotopic (exact) mass is 617 g/mol. The number of hydrogen-bond acceptors (Lipinski definition) is 2. The Morgan fingerprint density at radius 3 is 1.90 bits per heavy atom. The number of nitrogens with zero attached hydrogens (tertiary/aromatic N) is 1. The normalized spacial score (nSPS) is 15.0. The summed E-state index contributed by atoms with van der Waals surface area (Å²) in [7, 11) is 0. The van der Waals surface area contributed by atoms with Crippen LogP contribution in [-0.4, -0.2) is 0 Å². The number of hydrogen-bond donors (Lipinski definition) is 0. The zero-order valence-electron chi connectivity index (χ0n) is 27.6. The van der Waals surface area contributed by atoms with Crippen molar-refractivity contribution in [2.45, 2.75) is 38.5 Å². The van der Waals surface area contributed by atoms with Crippen LogP contribution < -0.4 is 4.90 Å². The highest BCUT2D eigenvalue weighted by Crippen LogP contribution is 2.59. The molecule has 0 unspecified atom stereocenters. The molecule has 0 fully saturated rings. The zero-order chi connectivity index (χ0) is 32.4. The molecule has 10 rings (SSSR count). The third kappa shape index (κ3) is 3.52. The molecule has 0 bridgehead atoms. The molecule has 1 aromatic heterocycles. The van der Waals surface area contributed by atoms with Crippen molar-refractivity contribution in [3.05, 3.63) is 162 Å². The summed E-state index contributed by atoms with van der Waals surface area (Å²) in [5.74, 6) is 0. The lowest BCUT2D eigenvalue weighted by Crippen LogP contribution is -2.18. The number of furan rings is 1. The van der Waals surface area contributed by atoms with E-state index in [9.17, 15) is 0 Å². The van der Waals surface area contributed by atoms with E-state index >= 15 is 0 Å². The molecule has 0 amide bonds. The molecular formula is C46H35NO. The third-order valence-corrected chi connectivity index (χ3v) is 11.2. The van der Waals surface area contributed by atoms with Crippen molar-refractivity contribution in [3.8, 4) is 22.3 Å². The molecule has 2 nitrogen and oxygen atoms in total. The molecule has 0 N–H and O–H groups in total.